The Morgan fingerprint density at radius 2 is 2.40 bits per heavy atom. The zero-order valence-corrected chi connectivity index (χ0v) is 14.8. The summed E-state index contributed by atoms with van der Waals surface area (Å²) in [5.74, 6) is 0.682. The molecule has 1 aliphatic heterocycles. The Balaban J connectivity index is 1.39. The summed E-state index contributed by atoms with van der Waals surface area (Å²) in [7, 11) is 0. The Bertz CT molecular complexity index is 681. The number of aromatic nitrogens is 1. The lowest BCUT2D eigenvalue weighted by molar-refractivity contribution is -0.116. The third kappa shape index (κ3) is 5.79. The number of hydrogen-bond acceptors (Lipinski definition) is 5. The molecular formula is C18H22FN3O2S. The van der Waals surface area contributed by atoms with Crippen LogP contribution in [0.1, 0.15) is 19.3 Å². The fourth-order valence-electron chi connectivity index (χ4n) is 2.99. The minimum atomic E-state index is -0.283. The van der Waals surface area contributed by atoms with Crippen LogP contribution in [-0.2, 0) is 4.79 Å². The molecule has 0 bridgehead atoms. The molecule has 0 radical (unpaired) electrons. The first-order chi connectivity index (χ1) is 12.2. The summed E-state index contributed by atoms with van der Waals surface area (Å²) in [4.78, 5) is 18.3. The monoisotopic (exact) mass is 363 g/mol. The van der Waals surface area contributed by atoms with Gasteiger partial charge >= 0.3 is 0 Å². The first-order valence-corrected chi connectivity index (χ1v) is 9.37. The zero-order valence-electron chi connectivity index (χ0n) is 14.0. The minimum Gasteiger partial charge on any atom is -0.493 e. The van der Waals surface area contributed by atoms with Gasteiger partial charge in [0.1, 0.15) is 11.6 Å². The first kappa shape index (κ1) is 17.8. The minimum absolute atomic E-state index is 0.00640. The largest absolute Gasteiger partial charge is 0.493 e. The maximum absolute atomic E-state index is 13.2. The molecule has 1 saturated heterocycles. The van der Waals surface area contributed by atoms with Crippen LogP contribution in [0.4, 0.5) is 9.52 Å². The molecule has 3 rings (SSSR count). The molecule has 134 valence electrons. The number of anilines is 1. The number of nitrogens with one attached hydrogen (secondary N) is 1. The number of halogens is 1. The van der Waals surface area contributed by atoms with Crippen LogP contribution in [0, 0.1) is 11.7 Å². The summed E-state index contributed by atoms with van der Waals surface area (Å²) in [5.41, 5.74) is 0. The molecule has 0 aliphatic carbocycles. The predicted molar refractivity (Wildman–Crippen MR) is 96.4 cm³/mol. The van der Waals surface area contributed by atoms with Crippen molar-refractivity contribution in [2.24, 2.45) is 5.92 Å². The van der Waals surface area contributed by atoms with Gasteiger partial charge < -0.3 is 15.0 Å². The van der Waals surface area contributed by atoms with Gasteiger partial charge in [0.05, 0.1) is 6.61 Å². The van der Waals surface area contributed by atoms with E-state index in [1.807, 2.05) is 5.38 Å². The van der Waals surface area contributed by atoms with E-state index >= 15 is 0 Å². The number of carbonyl (C=O) groups is 1. The van der Waals surface area contributed by atoms with Crippen LogP contribution < -0.4 is 10.1 Å². The van der Waals surface area contributed by atoms with E-state index < -0.39 is 0 Å². The summed E-state index contributed by atoms with van der Waals surface area (Å²) in [6.45, 7) is 3.21. The molecule has 7 heteroatoms. The van der Waals surface area contributed by atoms with Gasteiger partial charge in [-0.3, -0.25) is 4.79 Å². The van der Waals surface area contributed by atoms with Gasteiger partial charge in [0.2, 0.25) is 5.91 Å². The zero-order chi connectivity index (χ0) is 17.5. The van der Waals surface area contributed by atoms with Crippen LogP contribution in [0.2, 0.25) is 0 Å². The second-order valence-corrected chi connectivity index (χ2v) is 7.11. The highest BCUT2D eigenvalue weighted by Gasteiger charge is 2.21. The van der Waals surface area contributed by atoms with Gasteiger partial charge in [-0.2, -0.15) is 0 Å². The number of benzene rings is 1. The SMILES string of the molecule is O=C(CCN1CCC[C@@H](COc2cccc(F)c2)C1)Nc1nccs1. The van der Waals surface area contributed by atoms with Gasteiger partial charge in [-0.15, -0.1) is 11.3 Å². The highest BCUT2D eigenvalue weighted by atomic mass is 32.1. The molecule has 1 atom stereocenters. The van der Waals surface area contributed by atoms with E-state index in [-0.39, 0.29) is 11.7 Å². The molecular weight excluding hydrogens is 341 g/mol. The summed E-state index contributed by atoms with van der Waals surface area (Å²) in [5, 5.41) is 5.29. The molecule has 1 amide bonds. The van der Waals surface area contributed by atoms with Crippen LogP contribution in [0.25, 0.3) is 0 Å². The smallest absolute Gasteiger partial charge is 0.227 e. The first-order valence-electron chi connectivity index (χ1n) is 8.49. The Labute approximate surface area is 150 Å². The van der Waals surface area contributed by atoms with Crippen molar-refractivity contribution >= 4 is 22.4 Å². The summed E-state index contributed by atoms with van der Waals surface area (Å²) < 4.78 is 18.9. The topological polar surface area (TPSA) is 54.5 Å². The normalized spacial score (nSPS) is 18.0. The molecule has 5 nitrogen and oxygen atoms in total. The van der Waals surface area contributed by atoms with Gasteiger partial charge in [0.25, 0.3) is 0 Å². The number of nitrogens with zero attached hydrogens (tertiary/aromatic N) is 2. The third-order valence-corrected chi connectivity index (χ3v) is 4.91. The lowest BCUT2D eigenvalue weighted by Crippen LogP contribution is -2.39. The molecule has 25 heavy (non-hydrogen) atoms. The standard InChI is InChI=1S/C18H22FN3O2S/c19-15-4-1-5-16(11-15)24-13-14-3-2-8-22(12-14)9-6-17(23)21-18-20-7-10-25-18/h1,4-5,7,10-11,14H,2-3,6,8-9,12-13H2,(H,20,21,23)/t14-/m1/s1. The van der Waals surface area contributed by atoms with Crippen LogP contribution in [-0.4, -0.2) is 42.0 Å². The van der Waals surface area contributed by atoms with Crippen LogP contribution in [0.5, 0.6) is 5.75 Å². The lowest BCUT2D eigenvalue weighted by atomic mass is 9.99. The number of piperidine rings is 1. The molecule has 0 unspecified atom stereocenters. The van der Waals surface area contributed by atoms with Crippen molar-refractivity contribution in [1.29, 1.82) is 0 Å². The quantitative estimate of drug-likeness (QED) is 0.819. The molecule has 2 aromatic rings. The predicted octanol–water partition coefficient (Wildman–Crippen LogP) is 3.40. The average molecular weight is 363 g/mol. The van der Waals surface area contributed by atoms with Crippen molar-refractivity contribution in [3.05, 3.63) is 41.7 Å². The van der Waals surface area contributed by atoms with Crippen molar-refractivity contribution in [2.45, 2.75) is 19.3 Å². The van der Waals surface area contributed by atoms with Gasteiger partial charge in [-0.1, -0.05) is 6.07 Å². The summed E-state index contributed by atoms with van der Waals surface area (Å²) in [6.07, 6.45) is 4.31. The van der Waals surface area contributed by atoms with Crippen LogP contribution in [0.3, 0.4) is 0 Å². The van der Waals surface area contributed by atoms with Crippen molar-refractivity contribution in [3.8, 4) is 5.75 Å². The van der Waals surface area contributed by atoms with Crippen molar-refractivity contribution in [2.75, 3.05) is 31.6 Å². The van der Waals surface area contributed by atoms with Gasteiger partial charge in [-0.05, 0) is 31.5 Å². The molecule has 1 N–H and O–H groups in total. The molecule has 0 saturated carbocycles. The fraction of sp³-hybridized carbons (Fsp3) is 0.444. The fourth-order valence-corrected chi connectivity index (χ4v) is 3.53. The van der Waals surface area contributed by atoms with Gasteiger partial charge in [-0.25, -0.2) is 9.37 Å². The maximum atomic E-state index is 13.2. The number of carbonyl (C=O) groups excluding carboxylic acids is 1. The highest BCUT2D eigenvalue weighted by molar-refractivity contribution is 7.13. The number of thiazole rings is 1. The number of hydrogen-bond donors (Lipinski definition) is 1. The molecule has 0 spiro atoms. The molecule has 1 aliphatic rings. The average Bonchev–Trinajstić information content (AvgIpc) is 3.12. The summed E-state index contributed by atoms with van der Waals surface area (Å²) >= 11 is 1.42. The Morgan fingerprint density at radius 1 is 1.48 bits per heavy atom. The number of ether oxygens (including phenoxy) is 1. The van der Waals surface area contributed by atoms with E-state index in [9.17, 15) is 9.18 Å². The van der Waals surface area contributed by atoms with Gasteiger partial charge in [0.15, 0.2) is 5.13 Å². The Morgan fingerprint density at radius 3 is 3.20 bits per heavy atom. The molecule has 2 heterocycles. The Kier molecular flexibility index (Phi) is 6.36. The van der Waals surface area contributed by atoms with E-state index in [1.165, 1.54) is 23.5 Å². The van der Waals surface area contributed by atoms with E-state index in [0.717, 1.165) is 32.5 Å². The van der Waals surface area contributed by atoms with Crippen molar-refractivity contribution < 1.29 is 13.9 Å². The lowest BCUT2D eigenvalue weighted by Gasteiger charge is -2.32. The van der Waals surface area contributed by atoms with E-state index in [1.54, 1.807) is 18.3 Å². The van der Waals surface area contributed by atoms with Crippen LogP contribution in [0.15, 0.2) is 35.8 Å². The molecule has 1 fully saturated rings. The number of likely N-dealkylation sites (tertiary alicyclic amines) is 1. The third-order valence-electron chi connectivity index (χ3n) is 4.22. The second kappa shape index (κ2) is 8.92. The van der Waals surface area contributed by atoms with E-state index in [2.05, 4.69) is 15.2 Å². The molecule has 1 aromatic carbocycles. The highest BCUT2D eigenvalue weighted by Crippen LogP contribution is 2.20. The Hall–Kier alpha value is -1.99. The maximum Gasteiger partial charge on any atom is 0.227 e. The van der Waals surface area contributed by atoms with Crippen molar-refractivity contribution in [1.82, 2.24) is 9.88 Å². The number of rotatable bonds is 7. The second-order valence-electron chi connectivity index (χ2n) is 6.21. The van der Waals surface area contributed by atoms with E-state index in [0.29, 0.717) is 29.8 Å². The number of amides is 1. The van der Waals surface area contributed by atoms with Crippen LogP contribution >= 0.6 is 11.3 Å². The summed E-state index contributed by atoms with van der Waals surface area (Å²) in [6, 6.07) is 6.24. The van der Waals surface area contributed by atoms with E-state index in [4.69, 9.17) is 4.74 Å². The van der Waals surface area contributed by atoms with Crippen molar-refractivity contribution in [3.63, 3.8) is 0 Å². The molecule has 1 aromatic heterocycles. The van der Waals surface area contributed by atoms with Gasteiger partial charge in [0, 0.05) is 43.1 Å².